The molecule has 1 amide bonds. The van der Waals surface area contributed by atoms with Crippen molar-refractivity contribution in [2.45, 2.75) is 50.2 Å². The number of aromatic nitrogens is 2. The summed E-state index contributed by atoms with van der Waals surface area (Å²) >= 11 is 0. The van der Waals surface area contributed by atoms with Gasteiger partial charge in [0.25, 0.3) is 5.91 Å². The second kappa shape index (κ2) is 10.1. The molecular formula is C24H31BrN4O5. The van der Waals surface area contributed by atoms with Gasteiger partial charge in [0.05, 0.1) is 43.7 Å². The molecule has 3 aliphatic heterocycles. The molecule has 1 unspecified atom stereocenters. The van der Waals surface area contributed by atoms with E-state index in [2.05, 4.69) is 15.3 Å². The van der Waals surface area contributed by atoms with Crippen LogP contribution >= 0.6 is 0 Å². The Labute approximate surface area is 209 Å². The van der Waals surface area contributed by atoms with Crippen LogP contribution in [-0.4, -0.2) is 63.7 Å². The molecule has 5 heterocycles. The minimum atomic E-state index is -1.69. The van der Waals surface area contributed by atoms with Gasteiger partial charge in [-0.25, -0.2) is 14.8 Å². The van der Waals surface area contributed by atoms with E-state index in [1.54, 1.807) is 18.5 Å². The number of hydrogen-bond donors (Lipinski definition) is 2. The number of rotatable bonds is 7. The monoisotopic (exact) mass is 534 g/mol. The zero-order valence-electron chi connectivity index (χ0n) is 19.1. The summed E-state index contributed by atoms with van der Waals surface area (Å²) in [5, 5.41) is 14.5. The molecule has 9 nitrogen and oxygen atoms in total. The molecule has 2 aromatic heterocycles. The van der Waals surface area contributed by atoms with E-state index < -0.39 is 11.6 Å². The van der Waals surface area contributed by atoms with Crippen LogP contribution in [0.5, 0.6) is 0 Å². The molecule has 0 spiro atoms. The number of aliphatic hydroxyl groups is 1. The first-order chi connectivity index (χ1) is 16.0. The summed E-state index contributed by atoms with van der Waals surface area (Å²) in [5.74, 6) is -0.600. The van der Waals surface area contributed by atoms with Gasteiger partial charge in [0.15, 0.2) is 18.2 Å². The number of ether oxygens (including phenoxy) is 1. The quantitative estimate of drug-likeness (QED) is 0.354. The highest BCUT2D eigenvalue weighted by atomic mass is 79.9. The van der Waals surface area contributed by atoms with Crippen molar-refractivity contribution >= 4 is 17.6 Å². The molecule has 6 rings (SSSR count). The third-order valence-electron chi connectivity index (χ3n) is 7.84. The van der Waals surface area contributed by atoms with Crippen molar-refractivity contribution in [1.29, 1.82) is 0 Å². The maximum absolute atomic E-state index is 13.4. The van der Waals surface area contributed by atoms with Gasteiger partial charge in [-0.2, -0.15) is 0 Å². The van der Waals surface area contributed by atoms with Crippen molar-refractivity contribution in [3.63, 3.8) is 0 Å². The van der Waals surface area contributed by atoms with E-state index >= 15 is 0 Å². The normalized spacial score (nSPS) is 28.0. The zero-order chi connectivity index (χ0) is 22.9. The Hall–Kier alpha value is -2.30. The highest BCUT2D eigenvalue weighted by Gasteiger charge is 2.53. The first-order valence-corrected chi connectivity index (χ1v) is 11.8. The van der Waals surface area contributed by atoms with Crippen LogP contribution in [0.3, 0.4) is 0 Å². The predicted octanol–water partition coefficient (Wildman–Crippen LogP) is -0.758. The largest absolute Gasteiger partial charge is 1.00 e. The number of piperidine rings is 3. The van der Waals surface area contributed by atoms with Crippen molar-refractivity contribution in [1.82, 2.24) is 9.97 Å². The van der Waals surface area contributed by atoms with Gasteiger partial charge in [0.1, 0.15) is 12.9 Å². The van der Waals surface area contributed by atoms with Crippen LogP contribution in [0.4, 0.5) is 5.69 Å². The van der Waals surface area contributed by atoms with E-state index in [0.717, 1.165) is 51.6 Å². The Bertz CT molecular complexity index is 975. The highest BCUT2D eigenvalue weighted by molar-refractivity contribution is 5.91. The van der Waals surface area contributed by atoms with Gasteiger partial charge in [-0.3, -0.25) is 4.79 Å². The predicted molar refractivity (Wildman–Crippen MR) is 118 cm³/mol. The molecule has 1 saturated carbocycles. The second-order valence-electron chi connectivity index (χ2n) is 9.85. The molecule has 0 aromatic carbocycles. The number of carbonyl (C=O) groups is 2. The minimum Gasteiger partial charge on any atom is -1.00 e. The molecule has 2 bridgehead atoms. The third kappa shape index (κ3) is 4.76. The molecule has 184 valence electrons. The molecular weight excluding hydrogens is 504 g/mol. The van der Waals surface area contributed by atoms with Crippen molar-refractivity contribution in [3.05, 3.63) is 42.9 Å². The number of quaternary nitrogens is 1. The molecule has 4 fully saturated rings. The maximum Gasteiger partial charge on any atom is 0.343 e. The lowest BCUT2D eigenvalue weighted by molar-refractivity contribution is -0.939. The lowest BCUT2D eigenvalue weighted by Gasteiger charge is -2.51. The SMILES string of the molecule is O=C(C[N+]12CCC(CC1)C(OC(=O)[C@](O)(c1ccoc1)C1CCCC1)C2)Nc1cncnc1.[Br-]. The molecule has 2 N–H and O–H groups in total. The van der Waals surface area contributed by atoms with Gasteiger partial charge < -0.3 is 41.0 Å². The Morgan fingerprint density at radius 3 is 2.53 bits per heavy atom. The fourth-order valence-electron chi connectivity index (χ4n) is 6.02. The fourth-order valence-corrected chi connectivity index (χ4v) is 6.02. The third-order valence-corrected chi connectivity index (χ3v) is 7.84. The number of esters is 1. The molecule has 1 aliphatic carbocycles. The lowest BCUT2D eigenvalue weighted by atomic mass is 9.80. The van der Waals surface area contributed by atoms with Gasteiger partial charge in [-0.1, -0.05) is 12.8 Å². The van der Waals surface area contributed by atoms with Crippen molar-refractivity contribution in [2.75, 3.05) is 31.5 Å². The van der Waals surface area contributed by atoms with Gasteiger partial charge >= 0.3 is 5.97 Å². The number of halogens is 1. The van der Waals surface area contributed by atoms with Crippen LogP contribution in [0.1, 0.15) is 44.1 Å². The van der Waals surface area contributed by atoms with E-state index in [4.69, 9.17) is 9.15 Å². The van der Waals surface area contributed by atoms with Crippen LogP contribution in [0.25, 0.3) is 0 Å². The molecule has 4 aliphatic rings. The summed E-state index contributed by atoms with van der Waals surface area (Å²) in [5.41, 5.74) is -0.656. The Kier molecular flexibility index (Phi) is 7.39. The molecule has 0 radical (unpaired) electrons. The van der Waals surface area contributed by atoms with Gasteiger partial charge in [-0.05, 0) is 18.9 Å². The molecule has 2 atom stereocenters. The van der Waals surface area contributed by atoms with Crippen molar-refractivity contribution in [2.24, 2.45) is 11.8 Å². The van der Waals surface area contributed by atoms with E-state index in [-0.39, 0.29) is 40.8 Å². The van der Waals surface area contributed by atoms with Gasteiger partial charge in [0, 0.05) is 30.2 Å². The molecule has 3 saturated heterocycles. The van der Waals surface area contributed by atoms with E-state index in [1.807, 2.05) is 0 Å². The molecule has 34 heavy (non-hydrogen) atoms. The summed E-state index contributed by atoms with van der Waals surface area (Å²) in [6.45, 7) is 2.66. The molecule has 2 aromatic rings. The second-order valence-corrected chi connectivity index (χ2v) is 9.85. The topological polar surface area (TPSA) is 115 Å². The van der Waals surface area contributed by atoms with Crippen LogP contribution in [0, 0.1) is 11.8 Å². The smallest absolute Gasteiger partial charge is 0.343 e. The van der Waals surface area contributed by atoms with Crippen molar-refractivity contribution < 1.29 is 45.3 Å². The molecule has 10 heteroatoms. The number of nitrogens with one attached hydrogen (secondary N) is 1. The van der Waals surface area contributed by atoms with Gasteiger partial charge in [-0.15, -0.1) is 0 Å². The maximum atomic E-state index is 13.4. The summed E-state index contributed by atoms with van der Waals surface area (Å²) in [6, 6.07) is 1.65. The summed E-state index contributed by atoms with van der Waals surface area (Å²) in [7, 11) is 0. The minimum absolute atomic E-state index is 0. The Morgan fingerprint density at radius 2 is 1.88 bits per heavy atom. The summed E-state index contributed by atoms with van der Waals surface area (Å²) < 4.78 is 11.8. The number of furan rings is 1. The number of anilines is 1. The summed E-state index contributed by atoms with van der Waals surface area (Å²) in [4.78, 5) is 34.1. The number of carbonyl (C=O) groups excluding carboxylic acids is 2. The van der Waals surface area contributed by atoms with Crippen LogP contribution in [-0.2, 0) is 19.9 Å². The first kappa shape index (κ1) is 24.8. The van der Waals surface area contributed by atoms with Gasteiger partial charge in [0.2, 0.25) is 0 Å². The lowest BCUT2D eigenvalue weighted by Crippen LogP contribution is -3.00. The van der Waals surface area contributed by atoms with E-state index in [0.29, 0.717) is 28.8 Å². The van der Waals surface area contributed by atoms with Crippen LogP contribution < -0.4 is 22.3 Å². The Balaban J connectivity index is 0.00000274. The zero-order valence-corrected chi connectivity index (χ0v) is 20.7. The summed E-state index contributed by atoms with van der Waals surface area (Å²) in [6.07, 6.45) is 12.5. The van der Waals surface area contributed by atoms with E-state index in [9.17, 15) is 14.7 Å². The number of fused-ring (bicyclic) bond motifs is 3. The van der Waals surface area contributed by atoms with Crippen LogP contribution in [0.2, 0.25) is 0 Å². The van der Waals surface area contributed by atoms with E-state index in [1.165, 1.54) is 18.9 Å². The Morgan fingerprint density at radius 1 is 1.18 bits per heavy atom. The van der Waals surface area contributed by atoms with Crippen LogP contribution in [0.15, 0.2) is 41.7 Å². The number of nitrogens with zero attached hydrogens (tertiary/aromatic N) is 3. The standard InChI is InChI=1S/C24H30N4O5.BrH/c29-22(27-20-11-25-16-26-12-20)14-28-8-5-17(6-9-28)21(13-28)33-23(30)24(31,18-3-1-2-4-18)19-7-10-32-15-19;/h7,10-12,15-18,21,31H,1-6,8-9,13-14H2;1H/t17?,21?,24-,28?;/m1./s1. The number of amides is 1. The van der Waals surface area contributed by atoms with Crippen molar-refractivity contribution in [3.8, 4) is 0 Å². The highest BCUT2D eigenvalue weighted by Crippen LogP contribution is 2.43. The average Bonchev–Trinajstić information content (AvgIpc) is 3.54. The fraction of sp³-hybridized carbons (Fsp3) is 0.583. The number of hydrogen-bond acceptors (Lipinski definition) is 7. The first-order valence-electron chi connectivity index (χ1n) is 11.8. The average molecular weight is 535 g/mol.